The zero-order valence-corrected chi connectivity index (χ0v) is 15.0. The van der Waals surface area contributed by atoms with Gasteiger partial charge in [0.05, 0.1) is 12.1 Å². The number of aryl methyl sites for hydroxylation is 1. The van der Waals surface area contributed by atoms with Crippen molar-refractivity contribution < 1.29 is 9.59 Å². The molecule has 3 rings (SSSR count). The summed E-state index contributed by atoms with van der Waals surface area (Å²) in [5.74, 6) is -0.746. The molecule has 2 amide bonds. The summed E-state index contributed by atoms with van der Waals surface area (Å²) in [7, 11) is 1.47. The second-order valence-electron chi connectivity index (χ2n) is 6.74. The summed E-state index contributed by atoms with van der Waals surface area (Å²) in [4.78, 5) is 37.3. The molecule has 0 spiro atoms. The van der Waals surface area contributed by atoms with Crippen molar-refractivity contribution in [2.24, 2.45) is 0 Å². The van der Waals surface area contributed by atoms with E-state index in [1.54, 1.807) is 0 Å². The molecule has 0 saturated heterocycles. The highest BCUT2D eigenvalue weighted by atomic mass is 16.2. The highest BCUT2D eigenvalue weighted by Gasteiger charge is 2.22. The van der Waals surface area contributed by atoms with E-state index < -0.39 is 11.5 Å². The fourth-order valence-electron chi connectivity index (χ4n) is 3.00. The third kappa shape index (κ3) is 3.85. The van der Waals surface area contributed by atoms with E-state index in [4.69, 9.17) is 0 Å². The predicted molar refractivity (Wildman–Crippen MR) is 99.5 cm³/mol. The van der Waals surface area contributed by atoms with Crippen molar-refractivity contribution >= 4 is 11.8 Å². The van der Waals surface area contributed by atoms with Gasteiger partial charge in [0.1, 0.15) is 5.56 Å². The molecule has 1 heterocycles. The number of aromatic nitrogens is 1. The molecule has 136 valence electrons. The third-order valence-corrected chi connectivity index (χ3v) is 4.70. The highest BCUT2D eigenvalue weighted by Crippen LogP contribution is 2.18. The Balaban J connectivity index is 1.98. The van der Waals surface area contributed by atoms with Crippen LogP contribution < -0.4 is 16.2 Å². The van der Waals surface area contributed by atoms with E-state index >= 15 is 0 Å². The molecular formula is C20H23N3O3. The zero-order chi connectivity index (χ0) is 18.7. The van der Waals surface area contributed by atoms with Gasteiger partial charge < -0.3 is 15.2 Å². The number of rotatable bonds is 5. The van der Waals surface area contributed by atoms with E-state index in [9.17, 15) is 14.4 Å². The van der Waals surface area contributed by atoms with E-state index in [0.717, 1.165) is 30.4 Å². The summed E-state index contributed by atoms with van der Waals surface area (Å²) in [5.41, 5.74) is 1.91. The largest absolute Gasteiger partial charge is 0.355 e. The molecule has 1 aliphatic rings. The lowest BCUT2D eigenvalue weighted by Crippen LogP contribution is -2.40. The molecular weight excluding hydrogens is 330 g/mol. The van der Waals surface area contributed by atoms with Gasteiger partial charge in [-0.25, -0.2) is 0 Å². The smallest absolute Gasteiger partial charge is 0.263 e. The molecule has 0 aliphatic heterocycles. The number of carbonyl (C=O) groups is 2. The molecule has 1 aliphatic carbocycles. The van der Waals surface area contributed by atoms with E-state index in [0.29, 0.717) is 12.1 Å². The second-order valence-corrected chi connectivity index (χ2v) is 6.74. The molecule has 1 fully saturated rings. The average Bonchev–Trinajstić information content (AvgIpc) is 2.59. The maximum Gasteiger partial charge on any atom is 0.263 e. The molecule has 6 heteroatoms. The van der Waals surface area contributed by atoms with Gasteiger partial charge in [-0.2, -0.15) is 0 Å². The quantitative estimate of drug-likeness (QED) is 0.861. The Morgan fingerprint density at radius 2 is 1.96 bits per heavy atom. The van der Waals surface area contributed by atoms with Crippen LogP contribution in [0.5, 0.6) is 0 Å². The van der Waals surface area contributed by atoms with Crippen LogP contribution in [-0.4, -0.2) is 29.5 Å². The Labute approximate surface area is 152 Å². The zero-order valence-electron chi connectivity index (χ0n) is 15.0. The molecule has 2 aromatic rings. The van der Waals surface area contributed by atoms with E-state index in [-0.39, 0.29) is 17.5 Å². The molecule has 0 bridgehead atoms. The molecule has 0 unspecified atom stereocenters. The Morgan fingerprint density at radius 1 is 1.19 bits per heavy atom. The van der Waals surface area contributed by atoms with Gasteiger partial charge in [0.2, 0.25) is 0 Å². The van der Waals surface area contributed by atoms with Gasteiger partial charge in [0, 0.05) is 19.3 Å². The van der Waals surface area contributed by atoms with Gasteiger partial charge in [-0.05, 0) is 37.8 Å². The first-order chi connectivity index (χ1) is 12.5. The van der Waals surface area contributed by atoms with E-state index in [1.807, 2.05) is 31.2 Å². The first kappa shape index (κ1) is 17.9. The number of nitrogens with zero attached hydrogens (tertiary/aromatic N) is 1. The topological polar surface area (TPSA) is 80.2 Å². The van der Waals surface area contributed by atoms with Crippen molar-refractivity contribution in [1.29, 1.82) is 0 Å². The minimum absolute atomic E-state index is 0.0265. The Bertz CT molecular complexity index is 897. The molecule has 0 radical (unpaired) electrons. The number of hydrogen-bond donors (Lipinski definition) is 2. The van der Waals surface area contributed by atoms with Crippen molar-refractivity contribution in [3.63, 3.8) is 0 Å². The number of hydrogen-bond acceptors (Lipinski definition) is 3. The summed E-state index contributed by atoms with van der Waals surface area (Å²) >= 11 is 0. The highest BCUT2D eigenvalue weighted by molar-refractivity contribution is 5.99. The first-order valence-corrected chi connectivity index (χ1v) is 8.81. The minimum atomic E-state index is -0.494. The number of nitrogens with one attached hydrogen (secondary N) is 2. The van der Waals surface area contributed by atoms with E-state index in [1.165, 1.54) is 23.9 Å². The number of carbonyl (C=O) groups excluding carboxylic acids is 2. The summed E-state index contributed by atoms with van der Waals surface area (Å²) in [6.07, 6.45) is 4.58. The van der Waals surface area contributed by atoms with Crippen molar-refractivity contribution in [3.05, 3.63) is 69.1 Å². The molecule has 6 nitrogen and oxygen atoms in total. The van der Waals surface area contributed by atoms with Gasteiger partial charge in [-0.15, -0.1) is 0 Å². The maximum atomic E-state index is 12.7. The van der Waals surface area contributed by atoms with Crippen molar-refractivity contribution in [2.75, 3.05) is 7.05 Å². The van der Waals surface area contributed by atoms with Crippen molar-refractivity contribution in [1.82, 2.24) is 15.2 Å². The van der Waals surface area contributed by atoms with Gasteiger partial charge in [-0.1, -0.05) is 29.8 Å². The van der Waals surface area contributed by atoms with Crippen LogP contribution in [0.3, 0.4) is 0 Å². The summed E-state index contributed by atoms with van der Waals surface area (Å²) in [6, 6.07) is 9.35. The Morgan fingerprint density at radius 3 is 2.58 bits per heavy atom. The van der Waals surface area contributed by atoms with Crippen molar-refractivity contribution in [3.8, 4) is 0 Å². The van der Waals surface area contributed by atoms with Crippen LogP contribution >= 0.6 is 0 Å². The molecule has 0 atom stereocenters. The van der Waals surface area contributed by atoms with Crippen LogP contribution in [0.4, 0.5) is 0 Å². The summed E-state index contributed by atoms with van der Waals surface area (Å²) in [5, 5.41) is 5.42. The Hall–Kier alpha value is -2.89. The normalized spacial score (nSPS) is 13.8. The summed E-state index contributed by atoms with van der Waals surface area (Å²) in [6.45, 7) is 2.28. The van der Waals surface area contributed by atoms with Crippen LogP contribution in [0.15, 0.2) is 41.3 Å². The van der Waals surface area contributed by atoms with Crippen LogP contribution in [0.25, 0.3) is 0 Å². The second kappa shape index (κ2) is 7.56. The lowest BCUT2D eigenvalue weighted by molar-refractivity contribution is 0.0916. The average molecular weight is 353 g/mol. The first-order valence-electron chi connectivity index (χ1n) is 8.81. The lowest BCUT2D eigenvalue weighted by atomic mass is 9.93. The van der Waals surface area contributed by atoms with Crippen LogP contribution in [-0.2, 0) is 6.54 Å². The number of benzene rings is 1. The van der Waals surface area contributed by atoms with Gasteiger partial charge in [0.25, 0.3) is 17.4 Å². The van der Waals surface area contributed by atoms with Gasteiger partial charge >= 0.3 is 0 Å². The van der Waals surface area contributed by atoms with Gasteiger partial charge in [0.15, 0.2) is 0 Å². The SMILES string of the molecule is CNC(=O)c1cc(C(=O)NC2CCC2)cn(Cc2cccc(C)c2)c1=O. The standard InChI is InChI=1S/C20H23N3O3/c1-13-5-3-6-14(9-13)11-23-12-15(18(24)22-16-7-4-8-16)10-17(20(23)26)19(25)21-2/h3,5-6,9-10,12,16H,4,7-8,11H2,1-2H3,(H,21,25)(H,22,24). The predicted octanol–water partition coefficient (Wildman–Crippen LogP) is 1.85. The molecule has 1 saturated carbocycles. The van der Waals surface area contributed by atoms with Crippen LogP contribution in [0, 0.1) is 6.92 Å². The number of pyridine rings is 1. The molecule has 1 aromatic carbocycles. The van der Waals surface area contributed by atoms with Crippen LogP contribution in [0.2, 0.25) is 0 Å². The minimum Gasteiger partial charge on any atom is -0.355 e. The fourth-order valence-corrected chi connectivity index (χ4v) is 3.00. The molecule has 1 aromatic heterocycles. The maximum absolute atomic E-state index is 12.7. The van der Waals surface area contributed by atoms with Crippen molar-refractivity contribution in [2.45, 2.75) is 38.8 Å². The number of amides is 2. The monoisotopic (exact) mass is 353 g/mol. The Kier molecular flexibility index (Phi) is 5.21. The molecule has 26 heavy (non-hydrogen) atoms. The molecule has 2 N–H and O–H groups in total. The van der Waals surface area contributed by atoms with Crippen LogP contribution in [0.1, 0.15) is 51.1 Å². The van der Waals surface area contributed by atoms with E-state index in [2.05, 4.69) is 10.6 Å². The fraction of sp³-hybridized carbons (Fsp3) is 0.350. The third-order valence-electron chi connectivity index (χ3n) is 4.70. The lowest BCUT2D eigenvalue weighted by Gasteiger charge is -2.26. The summed E-state index contributed by atoms with van der Waals surface area (Å²) < 4.78 is 1.43. The van der Waals surface area contributed by atoms with Gasteiger partial charge in [-0.3, -0.25) is 14.4 Å².